The van der Waals surface area contributed by atoms with Gasteiger partial charge in [0.25, 0.3) is 11.8 Å². The highest BCUT2D eigenvalue weighted by atomic mass is 79.9. The third kappa shape index (κ3) is 6.83. The number of amides is 2. The van der Waals surface area contributed by atoms with Gasteiger partial charge in [0.1, 0.15) is 5.75 Å². The standard InChI is InChI=1S/C26H26BrN3O5/c1-16-7-5-10-22(17(16)2)29-24(31)15-35-25-21(27)11-18(12-23(25)34-4)14-28-30-26(32)19-8-6-9-20(13-19)33-3/h5-14H,15H2,1-4H3,(H,29,31)(H,30,32)/b28-14+. The molecule has 9 heteroatoms. The first-order valence-corrected chi connectivity index (χ1v) is 11.5. The Morgan fingerprint density at radius 2 is 1.80 bits per heavy atom. The van der Waals surface area contributed by atoms with Crippen molar-refractivity contribution in [1.82, 2.24) is 5.43 Å². The fourth-order valence-corrected chi connectivity index (χ4v) is 3.73. The highest BCUT2D eigenvalue weighted by Crippen LogP contribution is 2.36. The molecule has 0 fully saturated rings. The topological polar surface area (TPSA) is 98.3 Å². The number of benzene rings is 3. The second-order valence-corrected chi connectivity index (χ2v) is 8.40. The molecule has 0 saturated heterocycles. The summed E-state index contributed by atoms with van der Waals surface area (Å²) in [6.45, 7) is 3.73. The van der Waals surface area contributed by atoms with Crippen LogP contribution in [0.4, 0.5) is 5.69 Å². The molecule has 0 aromatic heterocycles. The molecule has 3 aromatic rings. The van der Waals surface area contributed by atoms with Gasteiger partial charge in [-0.3, -0.25) is 9.59 Å². The Balaban J connectivity index is 1.64. The lowest BCUT2D eigenvalue weighted by molar-refractivity contribution is -0.118. The molecule has 8 nitrogen and oxygen atoms in total. The maximum atomic E-state index is 12.4. The van der Waals surface area contributed by atoms with Crippen molar-refractivity contribution in [3.63, 3.8) is 0 Å². The van der Waals surface area contributed by atoms with E-state index < -0.39 is 0 Å². The SMILES string of the molecule is COc1cccc(C(=O)N/N=C/c2cc(Br)c(OCC(=O)Nc3cccc(C)c3C)c(OC)c2)c1. The van der Waals surface area contributed by atoms with Crippen LogP contribution >= 0.6 is 15.9 Å². The average Bonchev–Trinajstić information content (AvgIpc) is 2.85. The summed E-state index contributed by atoms with van der Waals surface area (Å²) in [5, 5.41) is 6.87. The van der Waals surface area contributed by atoms with Gasteiger partial charge in [-0.05, 0) is 82.9 Å². The van der Waals surface area contributed by atoms with Gasteiger partial charge in [-0.25, -0.2) is 5.43 Å². The minimum atomic E-state index is -0.374. The summed E-state index contributed by atoms with van der Waals surface area (Å²) in [4.78, 5) is 24.7. The molecular formula is C26H26BrN3O5. The van der Waals surface area contributed by atoms with E-state index in [4.69, 9.17) is 14.2 Å². The number of nitrogens with one attached hydrogen (secondary N) is 2. The number of carbonyl (C=O) groups excluding carboxylic acids is 2. The van der Waals surface area contributed by atoms with Crippen molar-refractivity contribution >= 4 is 39.6 Å². The third-order valence-electron chi connectivity index (χ3n) is 5.19. The molecule has 3 aromatic carbocycles. The molecule has 35 heavy (non-hydrogen) atoms. The second-order valence-electron chi connectivity index (χ2n) is 7.55. The summed E-state index contributed by atoms with van der Waals surface area (Å²) in [5.74, 6) is 0.689. The highest BCUT2D eigenvalue weighted by molar-refractivity contribution is 9.10. The Hall–Kier alpha value is -3.85. The predicted molar refractivity (Wildman–Crippen MR) is 139 cm³/mol. The van der Waals surface area contributed by atoms with Gasteiger partial charge in [0.15, 0.2) is 18.1 Å². The van der Waals surface area contributed by atoms with Crippen molar-refractivity contribution in [3.05, 3.63) is 81.3 Å². The van der Waals surface area contributed by atoms with Crippen LogP contribution in [0.25, 0.3) is 0 Å². The van der Waals surface area contributed by atoms with Gasteiger partial charge >= 0.3 is 0 Å². The van der Waals surface area contributed by atoms with E-state index in [1.165, 1.54) is 20.4 Å². The van der Waals surface area contributed by atoms with Gasteiger partial charge < -0.3 is 19.5 Å². The fraction of sp³-hybridized carbons (Fsp3) is 0.192. The molecule has 2 N–H and O–H groups in total. The number of hydrogen-bond acceptors (Lipinski definition) is 6. The number of aryl methyl sites for hydroxylation is 1. The predicted octanol–water partition coefficient (Wildman–Crippen LogP) is 4.86. The number of hydrazone groups is 1. The molecule has 3 rings (SSSR count). The van der Waals surface area contributed by atoms with Crippen molar-refractivity contribution in [1.29, 1.82) is 0 Å². The summed E-state index contributed by atoms with van der Waals surface area (Å²) >= 11 is 3.45. The Labute approximate surface area is 212 Å². The lowest BCUT2D eigenvalue weighted by Gasteiger charge is -2.14. The zero-order valence-electron chi connectivity index (χ0n) is 19.8. The van der Waals surface area contributed by atoms with Gasteiger partial charge in [-0.15, -0.1) is 0 Å². The number of hydrogen-bond donors (Lipinski definition) is 2. The van der Waals surface area contributed by atoms with Crippen molar-refractivity contribution in [2.75, 3.05) is 26.1 Å². The fourth-order valence-electron chi connectivity index (χ4n) is 3.16. The molecule has 0 spiro atoms. The smallest absolute Gasteiger partial charge is 0.271 e. The molecule has 182 valence electrons. The maximum Gasteiger partial charge on any atom is 0.271 e. The second kappa shape index (κ2) is 12.0. The summed E-state index contributed by atoms with van der Waals surface area (Å²) in [6.07, 6.45) is 1.47. The number of rotatable bonds is 9. The van der Waals surface area contributed by atoms with Crippen molar-refractivity contribution in [3.8, 4) is 17.2 Å². The van der Waals surface area contributed by atoms with Crippen molar-refractivity contribution < 1.29 is 23.8 Å². The molecular weight excluding hydrogens is 514 g/mol. The minimum Gasteiger partial charge on any atom is -0.497 e. The molecule has 0 radical (unpaired) electrons. The van der Waals surface area contributed by atoms with E-state index in [1.807, 2.05) is 32.0 Å². The molecule has 0 unspecified atom stereocenters. The van der Waals surface area contributed by atoms with Gasteiger partial charge in [0, 0.05) is 11.3 Å². The first-order valence-electron chi connectivity index (χ1n) is 10.7. The molecule has 0 bridgehead atoms. The van der Waals surface area contributed by atoms with Crippen LogP contribution in [0.2, 0.25) is 0 Å². The van der Waals surface area contributed by atoms with Crippen LogP contribution in [-0.4, -0.2) is 38.9 Å². The largest absolute Gasteiger partial charge is 0.497 e. The minimum absolute atomic E-state index is 0.202. The number of carbonyl (C=O) groups is 2. The third-order valence-corrected chi connectivity index (χ3v) is 5.78. The average molecular weight is 540 g/mol. The van der Waals surface area contributed by atoms with E-state index in [9.17, 15) is 9.59 Å². The summed E-state index contributed by atoms with van der Waals surface area (Å²) in [5.41, 5.74) is 6.37. The lowest BCUT2D eigenvalue weighted by Crippen LogP contribution is -2.21. The van der Waals surface area contributed by atoms with Crippen LogP contribution < -0.4 is 25.0 Å². The molecule has 0 saturated carbocycles. The van der Waals surface area contributed by atoms with Gasteiger partial charge in [0.05, 0.1) is 24.9 Å². The summed E-state index contributed by atoms with van der Waals surface area (Å²) in [7, 11) is 3.03. The quantitative estimate of drug-likeness (QED) is 0.298. The van der Waals surface area contributed by atoms with E-state index in [0.717, 1.165) is 16.8 Å². The molecule has 0 aliphatic carbocycles. The molecule has 0 heterocycles. The Morgan fingerprint density at radius 1 is 1.03 bits per heavy atom. The van der Waals surface area contributed by atoms with Crippen LogP contribution in [-0.2, 0) is 4.79 Å². The van der Waals surface area contributed by atoms with Crippen LogP contribution in [0.1, 0.15) is 27.0 Å². The summed E-state index contributed by atoms with van der Waals surface area (Å²) < 4.78 is 16.9. The number of halogens is 1. The first-order chi connectivity index (χ1) is 16.8. The van der Waals surface area contributed by atoms with E-state index in [2.05, 4.69) is 31.8 Å². The number of ether oxygens (including phenoxy) is 3. The number of anilines is 1. The van der Waals surface area contributed by atoms with E-state index in [-0.39, 0.29) is 18.4 Å². The molecule has 0 aliphatic heterocycles. The van der Waals surface area contributed by atoms with E-state index >= 15 is 0 Å². The van der Waals surface area contributed by atoms with Gasteiger partial charge in [0.2, 0.25) is 0 Å². The van der Waals surface area contributed by atoms with Gasteiger partial charge in [-0.1, -0.05) is 18.2 Å². The Bertz CT molecular complexity index is 1260. The van der Waals surface area contributed by atoms with Crippen LogP contribution in [0, 0.1) is 13.8 Å². The molecule has 0 atom stereocenters. The van der Waals surface area contributed by atoms with Crippen molar-refractivity contribution in [2.24, 2.45) is 5.10 Å². The van der Waals surface area contributed by atoms with Gasteiger partial charge in [-0.2, -0.15) is 5.10 Å². The maximum absolute atomic E-state index is 12.4. The number of methoxy groups -OCH3 is 2. The monoisotopic (exact) mass is 539 g/mol. The van der Waals surface area contributed by atoms with E-state index in [0.29, 0.717) is 32.8 Å². The van der Waals surface area contributed by atoms with Crippen LogP contribution in [0.3, 0.4) is 0 Å². The van der Waals surface area contributed by atoms with E-state index in [1.54, 1.807) is 36.4 Å². The number of nitrogens with zero attached hydrogens (tertiary/aromatic N) is 1. The molecule has 0 aliphatic rings. The highest BCUT2D eigenvalue weighted by Gasteiger charge is 2.14. The van der Waals surface area contributed by atoms with Crippen LogP contribution in [0.5, 0.6) is 17.2 Å². The zero-order chi connectivity index (χ0) is 25.4. The Kier molecular flexibility index (Phi) is 8.86. The normalized spacial score (nSPS) is 10.7. The lowest BCUT2D eigenvalue weighted by atomic mass is 10.1. The van der Waals surface area contributed by atoms with Crippen LogP contribution in [0.15, 0.2) is 64.2 Å². The van der Waals surface area contributed by atoms with Crippen molar-refractivity contribution in [2.45, 2.75) is 13.8 Å². The zero-order valence-corrected chi connectivity index (χ0v) is 21.4. The Morgan fingerprint density at radius 3 is 2.54 bits per heavy atom. The molecule has 2 amide bonds. The summed E-state index contributed by atoms with van der Waals surface area (Å²) in [6, 6.07) is 15.9. The first kappa shape index (κ1) is 25.8.